The number of rotatable bonds is 5. The molecule has 0 aliphatic rings. The van der Waals surface area contributed by atoms with Crippen molar-refractivity contribution in [2.45, 2.75) is 6.42 Å². The average molecular weight is 303 g/mol. The number of benzene rings is 1. The van der Waals surface area contributed by atoms with Gasteiger partial charge in [0.2, 0.25) is 0 Å². The van der Waals surface area contributed by atoms with Gasteiger partial charge in [-0.15, -0.1) is 0 Å². The lowest BCUT2D eigenvalue weighted by Crippen LogP contribution is -2.05. The van der Waals surface area contributed by atoms with E-state index in [1.54, 1.807) is 6.07 Å². The van der Waals surface area contributed by atoms with Crippen LogP contribution in [0.1, 0.15) is 15.9 Å². The van der Waals surface area contributed by atoms with Crippen LogP contribution in [-0.4, -0.2) is 31.6 Å². The van der Waals surface area contributed by atoms with Crippen molar-refractivity contribution in [1.29, 1.82) is 0 Å². The van der Waals surface area contributed by atoms with Gasteiger partial charge in [-0.25, -0.2) is 0 Å². The van der Waals surface area contributed by atoms with Crippen LogP contribution in [0.3, 0.4) is 0 Å². The maximum Gasteiger partial charge on any atom is 0.307 e. The van der Waals surface area contributed by atoms with Crippen molar-refractivity contribution in [3.05, 3.63) is 21.7 Å². The highest BCUT2D eigenvalue weighted by atomic mass is 79.9. The molecule has 92 valence electrons. The molecule has 0 aliphatic carbocycles. The predicted molar refractivity (Wildman–Crippen MR) is 64.0 cm³/mol. The molecular formula is C11H11BrO5. The van der Waals surface area contributed by atoms with Gasteiger partial charge in [0.25, 0.3) is 0 Å². The standard InChI is InChI=1S/C11H11BrO5/c1-16-10-6(4-9(14)15)3-8(12)7(5-13)11(10)17-2/h3,5H,4H2,1-2H3,(H,14,15). The Morgan fingerprint density at radius 2 is 2.00 bits per heavy atom. The van der Waals surface area contributed by atoms with Gasteiger partial charge in [-0.2, -0.15) is 0 Å². The van der Waals surface area contributed by atoms with E-state index in [2.05, 4.69) is 15.9 Å². The Kier molecular flexibility index (Phi) is 4.51. The molecule has 0 aromatic heterocycles. The molecule has 6 heteroatoms. The third-order valence-electron chi connectivity index (χ3n) is 2.17. The van der Waals surface area contributed by atoms with Crippen molar-refractivity contribution in [3.8, 4) is 11.5 Å². The quantitative estimate of drug-likeness (QED) is 0.841. The summed E-state index contributed by atoms with van der Waals surface area (Å²) in [5.74, 6) is -0.496. The lowest BCUT2D eigenvalue weighted by atomic mass is 10.1. The molecule has 1 N–H and O–H groups in total. The Bertz CT molecular complexity index is 456. The molecule has 0 amide bonds. The second-order valence-corrected chi connectivity index (χ2v) is 4.04. The molecule has 5 nitrogen and oxygen atoms in total. The fourth-order valence-electron chi connectivity index (χ4n) is 1.50. The average Bonchev–Trinajstić information content (AvgIpc) is 2.27. The number of hydrogen-bond acceptors (Lipinski definition) is 4. The summed E-state index contributed by atoms with van der Waals surface area (Å²) >= 11 is 3.19. The van der Waals surface area contributed by atoms with Crippen molar-refractivity contribution in [2.75, 3.05) is 14.2 Å². The first kappa shape index (κ1) is 13.5. The molecule has 17 heavy (non-hydrogen) atoms. The van der Waals surface area contributed by atoms with Crippen LogP contribution in [0.2, 0.25) is 0 Å². The van der Waals surface area contributed by atoms with Crippen LogP contribution < -0.4 is 9.47 Å². The van der Waals surface area contributed by atoms with Gasteiger partial charge in [-0.3, -0.25) is 9.59 Å². The number of carboxylic acids is 1. The van der Waals surface area contributed by atoms with Crippen molar-refractivity contribution in [2.24, 2.45) is 0 Å². The van der Waals surface area contributed by atoms with Crippen LogP contribution in [0.25, 0.3) is 0 Å². The zero-order chi connectivity index (χ0) is 13.0. The molecule has 0 radical (unpaired) electrons. The Labute approximate surface area is 106 Å². The number of aliphatic carboxylic acids is 1. The zero-order valence-corrected chi connectivity index (χ0v) is 10.9. The molecule has 0 aliphatic heterocycles. The smallest absolute Gasteiger partial charge is 0.307 e. The highest BCUT2D eigenvalue weighted by Gasteiger charge is 2.19. The molecule has 1 aromatic rings. The van der Waals surface area contributed by atoms with Gasteiger partial charge in [0.15, 0.2) is 17.8 Å². The van der Waals surface area contributed by atoms with Gasteiger partial charge < -0.3 is 14.6 Å². The fourth-order valence-corrected chi connectivity index (χ4v) is 2.05. The molecule has 0 spiro atoms. The van der Waals surface area contributed by atoms with Crippen LogP contribution >= 0.6 is 15.9 Å². The van der Waals surface area contributed by atoms with E-state index < -0.39 is 5.97 Å². The largest absolute Gasteiger partial charge is 0.493 e. The van der Waals surface area contributed by atoms with E-state index in [0.717, 1.165) is 0 Å². The first-order chi connectivity index (χ1) is 8.04. The van der Waals surface area contributed by atoms with Crippen LogP contribution in [0.15, 0.2) is 10.5 Å². The third kappa shape index (κ3) is 2.76. The van der Waals surface area contributed by atoms with E-state index in [1.807, 2.05) is 0 Å². The Balaban J connectivity index is 3.46. The fraction of sp³-hybridized carbons (Fsp3) is 0.273. The number of halogens is 1. The van der Waals surface area contributed by atoms with Gasteiger partial charge in [0.1, 0.15) is 0 Å². The number of methoxy groups -OCH3 is 2. The third-order valence-corrected chi connectivity index (χ3v) is 2.82. The lowest BCUT2D eigenvalue weighted by Gasteiger charge is -2.14. The second kappa shape index (κ2) is 5.67. The summed E-state index contributed by atoms with van der Waals surface area (Å²) < 4.78 is 10.7. The summed E-state index contributed by atoms with van der Waals surface area (Å²) in [5.41, 5.74) is 0.729. The van der Waals surface area contributed by atoms with E-state index in [1.165, 1.54) is 14.2 Å². The molecule has 0 unspecified atom stereocenters. The van der Waals surface area contributed by atoms with E-state index in [4.69, 9.17) is 14.6 Å². The number of hydrogen-bond donors (Lipinski definition) is 1. The SMILES string of the molecule is COc1c(CC(=O)O)cc(Br)c(C=O)c1OC. The molecule has 0 saturated heterocycles. The summed E-state index contributed by atoms with van der Waals surface area (Å²) in [5, 5.41) is 8.79. The van der Waals surface area contributed by atoms with Crippen molar-refractivity contribution < 1.29 is 24.2 Å². The predicted octanol–water partition coefficient (Wildman–Crippen LogP) is 1.91. The van der Waals surface area contributed by atoms with Gasteiger partial charge in [0.05, 0.1) is 26.2 Å². The van der Waals surface area contributed by atoms with Crippen molar-refractivity contribution in [3.63, 3.8) is 0 Å². The number of ether oxygens (including phenoxy) is 2. The topological polar surface area (TPSA) is 72.8 Å². The summed E-state index contributed by atoms with van der Waals surface area (Å²) in [6, 6.07) is 1.54. The molecular weight excluding hydrogens is 292 g/mol. The van der Waals surface area contributed by atoms with Gasteiger partial charge >= 0.3 is 5.97 Å². The first-order valence-electron chi connectivity index (χ1n) is 4.65. The second-order valence-electron chi connectivity index (χ2n) is 3.19. The summed E-state index contributed by atoms with van der Waals surface area (Å²) in [6.45, 7) is 0. The molecule has 0 heterocycles. The van der Waals surface area contributed by atoms with Crippen LogP contribution in [0.5, 0.6) is 11.5 Å². The normalized spacial score (nSPS) is 9.82. The van der Waals surface area contributed by atoms with Crippen molar-refractivity contribution >= 4 is 28.2 Å². The lowest BCUT2D eigenvalue weighted by molar-refractivity contribution is -0.136. The maximum atomic E-state index is 10.9. The summed E-state index contributed by atoms with van der Waals surface area (Å²) in [6.07, 6.45) is 0.410. The number of carbonyl (C=O) groups is 2. The Morgan fingerprint density at radius 3 is 2.41 bits per heavy atom. The van der Waals surface area contributed by atoms with Crippen LogP contribution in [-0.2, 0) is 11.2 Å². The summed E-state index contributed by atoms with van der Waals surface area (Å²) in [4.78, 5) is 21.6. The minimum Gasteiger partial charge on any atom is -0.493 e. The van der Waals surface area contributed by atoms with Crippen molar-refractivity contribution in [1.82, 2.24) is 0 Å². The molecule has 0 bridgehead atoms. The minimum absolute atomic E-state index is 0.211. The molecule has 0 saturated carbocycles. The van der Waals surface area contributed by atoms with Gasteiger partial charge in [-0.05, 0) is 22.0 Å². The van der Waals surface area contributed by atoms with E-state index >= 15 is 0 Å². The number of carboxylic acid groups (broad SMARTS) is 1. The Hall–Kier alpha value is -1.56. The van der Waals surface area contributed by atoms with Crippen LogP contribution in [0.4, 0.5) is 0 Å². The van der Waals surface area contributed by atoms with Crippen LogP contribution in [0, 0.1) is 0 Å². The zero-order valence-electron chi connectivity index (χ0n) is 9.32. The molecule has 0 fully saturated rings. The highest BCUT2D eigenvalue weighted by Crippen LogP contribution is 2.38. The first-order valence-corrected chi connectivity index (χ1v) is 5.44. The highest BCUT2D eigenvalue weighted by molar-refractivity contribution is 9.10. The summed E-state index contributed by atoms with van der Waals surface area (Å²) in [7, 11) is 2.79. The number of aldehydes is 1. The van der Waals surface area contributed by atoms with E-state index in [9.17, 15) is 9.59 Å². The van der Waals surface area contributed by atoms with Gasteiger partial charge in [0, 0.05) is 10.0 Å². The van der Waals surface area contributed by atoms with E-state index in [0.29, 0.717) is 21.9 Å². The Morgan fingerprint density at radius 1 is 1.41 bits per heavy atom. The maximum absolute atomic E-state index is 10.9. The van der Waals surface area contributed by atoms with E-state index in [-0.39, 0.29) is 17.9 Å². The number of carbonyl (C=O) groups excluding carboxylic acids is 1. The minimum atomic E-state index is -0.990. The molecule has 0 atom stereocenters. The molecule has 1 aromatic carbocycles. The molecule has 1 rings (SSSR count). The monoisotopic (exact) mass is 302 g/mol. The van der Waals surface area contributed by atoms with Gasteiger partial charge in [-0.1, -0.05) is 0 Å².